The molecule has 1 saturated heterocycles. The van der Waals surface area contributed by atoms with Crippen LogP contribution in [-0.4, -0.2) is 29.9 Å². The Bertz CT molecular complexity index is 1270. The van der Waals surface area contributed by atoms with Crippen LogP contribution in [0.2, 0.25) is 0 Å². The molecule has 1 N–H and O–H groups in total. The fourth-order valence-corrected chi connectivity index (χ4v) is 3.18. The number of urea groups is 1. The van der Waals surface area contributed by atoms with Crippen LogP contribution in [0.4, 0.5) is 16.2 Å². The minimum atomic E-state index is -0.887. The maximum Gasteiger partial charge on any atom is 0.335 e. The highest BCUT2D eigenvalue weighted by Gasteiger charge is 2.37. The lowest BCUT2D eigenvalue weighted by molar-refractivity contribution is -0.384. The van der Waals surface area contributed by atoms with E-state index in [1.807, 2.05) is 0 Å². The number of benzene rings is 2. The quantitative estimate of drug-likeness (QED) is 0.282. The molecular formula is C22H15N3O7. The second kappa shape index (κ2) is 8.19. The van der Waals surface area contributed by atoms with Gasteiger partial charge >= 0.3 is 6.03 Å². The molecule has 1 aliphatic heterocycles. The fourth-order valence-electron chi connectivity index (χ4n) is 3.18. The number of nitro benzene ring substituents is 1. The number of para-hydroxylation sites is 1. The van der Waals surface area contributed by atoms with Gasteiger partial charge < -0.3 is 9.15 Å². The van der Waals surface area contributed by atoms with Crippen LogP contribution in [0.3, 0.4) is 0 Å². The van der Waals surface area contributed by atoms with E-state index in [2.05, 4.69) is 5.32 Å². The predicted molar refractivity (Wildman–Crippen MR) is 113 cm³/mol. The van der Waals surface area contributed by atoms with Gasteiger partial charge in [0.05, 0.1) is 23.3 Å². The van der Waals surface area contributed by atoms with Gasteiger partial charge in [0.1, 0.15) is 22.8 Å². The van der Waals surface area contributed by atoms with Crippen LogP contribution in [0, 0.1) is 10.1 Å². The molecule has 1 aliphatic rings. The topological polar surface area (TPSA) is 132 Å². The molecule has 4 amide bonds. The van der Waals surface area contributed by atoms with Crippen LogP contribution in [0.15, 0.2) is 70.7 Å². The molecule has 0 atom stereocenters. The average Bonchev–Trinajstić information content (AvgIpc) is 3.25. The summed E-state index contributed by atoms with van der Waals surface area (Å²) in [6.07, 6.45) is 1.18. The van der Waals surface area contributed by atoms with E-state index in [0.717, 1.165) is 4.90 Å². The number of nitro groups is 1. The van der Waals surface area contributed by atoms with Crippen molar-refractivity contribution in [3.05, 3.63) is 82.1 Å². The van der Waals surface area contributed by atoms with Crippen LogP contribution in [0.25, 0.3) is 17.4 Å². The molecule has 10 heteroatoms. The second-order valence-electron chi connectivity index (χ2n) is 6.63. The van der Waals surface area contributed by atoms with Crippen LogP contribution < -0.4 is 15.0 Å². The molecule has 10 nitrogen and oxygen atoms in total. The summed E-state index contributed by atoms with van der Waals surface area (Å²) in [5.74, 6) is -0.888. The first kappa shape index (κ1) is 20.5. The van der Waals surface area contributed by atoms with Crippen LogP contribution in [-0.2, 0) is 9.59 Å². The molecule has 3 aromatic rings. The standard InChI is InChI=1S/C22H15N3O7/c1-31-14-8-6-13(7-9-14)24-21(27)17(20(26)23-22(24)28)12-15-10-11-19(32-15)16-4-2-3-5-18(16)25(29)30/h2-12H,1H3,(H,23,26,28)/b17-12+. The maximum absolute atomic E-state index is 12.9. The highest BCUT2D eigenvalue weighted by Crippen LogP contribution is 2.32. The Kier molecular flexibility index (Phi) is 5.25. The van der Waals surface area contributed by atoms with E-state index >= 15 is 0 Å². The number of nitrogens with one attached hydrogen (secondary N) is 1. The van der Waals surface area contributed by atoms with E-state index < -0.39 is 22.8 Å². The lowest BCUT2D eigenvalue weighted by Crippen LogP contribution is -2.54. The van der Waals surface area contributed by atoms with Crippen molar-refractivity contribution < 1.29 is 28.5 Å². The van der Waals surface area contributed by atoms with Gasteiger partial charge in [-0.25, -0.2) is 9.69 Å². The summed E-state index contributed by atoms with van der Waals surface area (Å²) >= 11 is 0. The van der Waals surface area contributed by atoms with Crippen molar-refractivity contribution in [2.24, 2.45) is 0 Å². The first-order chi connectivity index (χ1) is 15.4. The number of furan rings is 1. The molecule has 0 bridgehead atoms. The zero-order chi connectivity index (χ0) is 22.8. The first-order valence-corrected chi connectivity index (χ1v) is 9.28. The van der Waals surface area contributed by atoms with Crippen molar-refractivity contribution in [2.45, 2.75) is 0 Å². The number of anilines is 1. The highest BCUT2D eigenvalue weighted by molar-refractivity contribution is 6.39. The lowest BCUT2D eigenvalue weighted by Gasteiger charge is -2.26. The highest BCUT2D eigenvalue weighted by atomic mass is 16.6. The minimum absolute atomic E-state index is 0.112. The van der Waals surface area contributed by atoms with Crippen molar-refractivity contribution in [1.29, 1.82) is 0 Å². The summed E-state index contributed by atoms with van der Waals surface area (Å²) in [5.41, 5.74) is 0.0102. The predicted octanol–water partition coefficient (Wildman–Crippen LogP) is 3.53. The van der Waals surface area contributed by atoms with Gasteiger partial charge in [-0.05, 0) is 48.5 Å². The maximum atomic E-state index is 12.9. The Balaban J connectivity index is 1.68. The van der Waals surface area contributed by atoms with E-state index in [9.17, 15) is 24.5 Å². The van der Waals surface area contributed by atoms with E-state index in [1.165, 1.54) is 55.7 Å². The monoisotopic (exact) mass is 433 g/mol. The number of ether oxygens (including phenoxy) is 1. The first-order valence-electron chi connectivity index (χ1n) is 9.28. The molecule has 1 fully saturated rings. The van der Waals surface area contributed by atoms with E-state index in [1.54, 1.807) is 18.2 Å². The molecule has 0 saturated carbocycles. The van der Waals surface area contributed by atoms with Crippen LogP contribution in [0.5, 0.6) is 5.75 Å². The van der Waals surface area contributed by atoms with Crippen molar-refractivity contribution in [3.63, 3.8) is 0 Å². The van der Waals surface area contributed by atoms with Crippen molar-refractivity contribution in [1.82, 2.24) is 5.32 Å². The third-order valence-corrected chi connectivity index (χ3v) is 4.71. The summed E-state index contributed by atoms with van der Waals surface area (Å²) in [6, 6.07) is 14.2. The number of methoxy groups -OCH3 is 1. The van der Waals surface area contributed by atoms with Gasteiger partial charge in [-0.3, -0.25) is 25.0 Å². The normalized spacial score (nSPS) is 15.1. The number of imide groups is 2. The molecule has 0 aliphatic carbocycles. The largest absolute Gasteiger partial charge is 0.497 e. The summed E-state index contributed by atoms with van der Waals surface area (Å²) in [4.78, 5) is 49.1. The molecular weight excluding hydrogens is 418 g/mol. The summed E-state index contributed by atoms with van der Waals surface area (Å²) in [6.45, 7) is 0. The van der Waals surface area contributed by atoms with E-state index in [4.69, 9.17) is 9.15 Å². The number of hydrogen-bond donors (Lipinski definition) is 1. The number of carbonyl (C=O) groups excluding carboxylic acids is 3. The van der Waals surface area contributed by atoms with Crippen LogP contribution >= 0.6 is 0 Å². The van der Waals surface area contributed by atoms with E-state index in [0.29, 0.717) is 5.75 Å². The smallest absolute Gasteiger partial charge is 0.335 e. The molecule has 4 rings (SSSR count). The van der Waals surface area contributed by atoms with Gasteiger partial charge in [0.2, 0.25) is 0 Å². The third kappa shape index (κ3) is 3.72. The van der Waals surface area contributed by atoms with Gasteiger partial charge in [0.15, 0.2) is 0 Å². The minimum Gasteiger partial charge on any atom is -0.497 e. The summed E-state index contributed by atoms with van der Waals surface area (Å²) in [5, 5.41) is 13.4. The Hall–Kier alpha value is -4.73. The molecule has 1 aromatic heterocycles. The number of carbonyl (C=O) groups is 3. The molecule has 2 aromatic carbocycles. The van der Waals surface area contributed by atoms with E-state index in [-0.39, 0.29) is 34.0 Å². The Morgan fingerprint density at radius 3 is 2.44 bits per heavy atom. The van der Waals surface area contributed by atoms with Crippen molar-refractivity contribution in [3.8, 4) is 17.1 Å². The average molecular weight is 433 g/mol. The van der Waals surface area contributed by atoms with Gasteiger partial charge in [-0.2, -0.15) is 0 Å². The van der Waals surface area contributed by atoms with Gasteiger partial charge in [-0.15, -0.1) is 0 Å². The van der Waals surface area contributed by atoms with Gasteiger partial charge in [0.25, 0.3) is 17.5 Å². The lowest BCUT2D eigenvalue weighted by atomic mass is 10.1. The number of nitrogens with zero attached hydrogens (tertiary/aromatic N) is 2. The number of amides is 4. The molecule has 2 heterocycles. The SMILES string of the molecule is COc1ccc(N2C(=O)NC(=O)/C(=C\c3ccc(-c4ccccc4[N+](=O)[O-])o3)C2=O)cc1. The molecule has 0 spiro atoms. The summed E-state index contributed by atoms with van der Waals surface area (Å²) in [7, 11) is 1.48. The summed E-state index contributed by atoms with van der Waals surface area (Å²) < 4.78 is 10.7. The Labute approximate surface area is 180 Å². The zero-order valence-electron chi connectivity index (χ0n) is 16.6. The third-order valence-electron chi connectivity index (χ3n) is 4.71. The van der Waals surface area contributed by atoms with Gasteiger partial charge in [-0.1, -0.05) is 12.1 Å². The zero-order valence-corrected chi connectivity index (χ0v) is 16.6. The molecule has 0 unspecified atom stereocenters. The van der Waals surface area contributed by atoms with Crippen LogP contribution in [0.1, 0.15) is 5.76 Å². The molecule has 32 heavy (non-hydrogen) atoms. The fraction of sp³-hybridized carbons (Fsp3) is 0.0455. The Morgan fingerprint density at radius 2 is 1.75 bits per heavy atom. The number of rotatable bonds is 5. The second-order valence-corrected chi connectivity index (χ2v) is 6.63. The number of hydrogen-bond acceptors (Lipinski definition) is 7. The van der Waals surface area contributed by atoms with Gasteiger partial charge in [0, 0.05) is 6.07 Å². The molecule has 0 radical (unpaired) electrons. The van der Waals surface area contributed by atoms with Crippen molar-refractivity contribution >= 4 is 35.3 Å². The van der Waals surface area contributed by atoms with Crippen molar-refractivity contribution in [2.75, 3.05) is 12.0 Å². The Morgan fingerprint density at radius 1 is 1.03 bits per heavy atom. The molecule has 160 valence electrons. The number of barbiturate groups is 1.